The van der Waals surface area contributed by atoms with Gasteiger partial charge in [-0.25, -0.2) is 0 Å². The van der Waals surface area contributed by atoms with Crippen LogP contribution in [-0.4, -0.2) is 50.1 Å². The van der Waals surface area contributed by atoms with Crippen LogP contribution < -0.4 is 10.6 Å². The van der Waals surface area contributed by atoms with Gasteiger partial charge in [0.1, 0.15) is 0 Å². The monoisotopic (exact) mass is 319 g/mol. The van der Waals surface area contributed by atoms with E-state index in [0.29, 0.717) is 32.7 Å². The van der Waals surface area contributed by atoms with Crippen molar-refractivity contribution in [2.75, 3.05) is 43.9 Å². The molecule has 2 rings (SSSR count). The molecule has 1 aliphatic heterocycles. The number of alkyl halides is 3. The molecule has 1 aliphatic rings. The Morgan fingerprint density at radius 1 is 1.19 bits per heavy atom. The first-order valence-electron chi connectivity index (χ1n) is 6.84. The van der Waals surface area contributed by atoms with E-state index in [-0.39, 0.29) is 0 Å². The molecule has 0 unspecified atom stereocenters. The van der Waals surface area contributed by atoms with Gasteiger partial charge in [-0.2, -0.15) is 13.2 Å². The van der Waals surface area contributed by atoms with Crippen LogP contribution in [0.5, 0.6) is 0 Å². The third-order valence-electron chi connectivity index (χ3n) is 3.65. The van der Waals surface area contributed by atoms with Crippen molar-refractivity contribution in [3.63, 3.8) is 0 Å². The standard InChI is InChI=1S/C14H20F3N3S/c1-21-13-4-2-3-12(11(13)9-18)20-7-5-19(6-8-20)10-14(15,16)17/h2-4H,5-10,18H2,1H3. The number of nitrogens with two attached hydrogens (primary N) is 1. The van der Waals surface area contributed by atoms with E-state index in [9.17, 15) is 13.2 Å². The number of nitrogens with zero attached hydrogens (tertiary/aromatic N) is 2. The van der Waals surface area contributed by atoms with Crippen LogP contribution in [0.15, 0.2) is 23.1 Å². The van der Waals surface area contributed by atoms with Crippen LogP contribution in [0, 0.1) is 0 Å². The van der Waals surface area contributed by atoms with Gasteiger partial charge in [0, 0.05) is 48.9 Å². The summed E-state index contributed by atoms with van der Waals surface area (Å²) in [7, 11) is 0. The van der Waals surface area contributed by atoms with Gasteiger partial charge in [0.15, 0.2) is 0 Å². The first kappa shape index (κ1) is 16.5. The molecule has 1 aromatic rings. The summed E-state index contributed by atoms with van der Waals surface area (Å²) >= 11 is 1.64. The molecule has 0 atom stereocenters. The molecule has 3 nitrogen and oxygen atoms in total. The van der Waals surface area contributed by atoms with Gasteiger partial charge in [-0.15, -0.1) is 11.8 Å². The zero-order valence-corrected chi connectivity index (χ0v) is 12.8. The fraction of sp³-hybridized carbons (Fsp3) is 0.571. The molecule has 0 spiro atoms. The summed E-state index contributed by atoms with van der Waals surface area (Å²) in [5, 5.41) is 0. The lowest BCUT2D eigenvalue weighted by Gasteiger charge is -2.37. The van der Waals surface area contributed by atoms with Gasteiger partial charge in [0.25, 0.3) is 0 Å². The highest BCUT2D eigenvalue weighted by Gasteiger charge is 2.32. The minimum absolute atomic E-state index is 0.424. The molecule has 118 valence electrons. The maximum absolute atomic E-state index is 12.4. The smallest absolute Gasteiger partial charge is 0.369 e. The van der Waals surface area contributed by atoms with Crippen molar-refractivity contribution in [1.29, 1.82) is 0 Å². The molecule has 0 aliphatic carbocycles. The Hall–Kier alpha value is -0.920. The average molecular weight is 319 g/mol. The fourth-order valence-electron chi connectivity index (χ4n) is 2.65. The van der Waals surface area contributed by atoms with E-state index in [1.807, 2.05) is 24.5 Å². The summed E-state index contributed by atoms with van der Waals surface area (Å²) in [5.74, 6) is 0. The Morgan fingerprint density at radius 3 is 2.38 bits per heavy atom. The van der Waals surface area contributed by atoms with Gasteiger partial charge in [-0.1, -0.05) is 6.07 Å². The Balaban J connectivity index is 2.06. The van der Waals surface area contributed by atoms with E-state index in [0.717, 1.165) is 16.1 Å². The fourth-order valence-corrected chi connectivity index (χ4v) is 3.30. The van der Waals surface area contributed by atoms with Crippen LogP contribution in [0.4, 0.5) is 18.9 Å². The summed E-state index contributed by atoms with van der Waals surface area (Å²) in [6.45, 7) is 1.66. The molecule has 1 heterocycles. The predicted molar refractivity (Wildman–Crippen MR) is 80.8 cm³/mol. The van der Waals surface area contributed by atoms with Gasteiger partial charge in [0.2, 0.25) is 0 Å². The lowest BCUT2D eigenvalue weighted by atomic mass is 10.1. The van der Waals surface area contributed by atoms with Crippen LogP contribution in [0.2, 0.25) is 0 Å². The topological polar surface area (TPSA) is 32.5 Å². The van der Waals surface area contributed by atoms with Gasteiger partial charge >= 0.3 is 6.18 Å². The minimum atomic E-state index is -4.12. The van der Waals surface area contributed by atoms with Crippen molar-refractivity contribution < 1.29 is 13.2 Å². The molecule has 1 saturated heterocycles. The first-order valence-corrected chi connectivity index (χ1v) is 8.07. The number of thioether (sulfide) groups is 1. The number of piperazine rings is 1. The third kappa shape index (κ3) is 4.28. The maximum atomic E-state index is 12.4. The lowest BCUT2D eigenvalue weighted by Crippen LogP contribution is -2.49. The van der Waals surface area contributed by atoms with Gasteiger partial charge in [-0.05, 0) is 18.4 Å². The normalized spacial score (nSPS) is 17.3. The first-order chi connectivity index (χ1) is 9.94. The molecule has 1 fully saturated rings. The predicted octanol–water partition coefficient (Wildman–Crippen LogP) is 2.55. The lowest BCUT2D eigenvalue weighted by molar-refractivity contribution is -0.146. The van der Waals surface area contributed by atoms with Gasteiger partial charge in [-0.3, -0.25) is 4.90 Å². The summed E-state index contributed by atoms with van der Waals surface area (Å²) in [5.41, 5.74) is 7.97. The molecule has 2 N–H and O–H groups in total. The average Bonchev–Trinajstić information content (AvgIpc) is 2.45. The van der Waals surface area contributed by atoms with E-state index in [2.05, 4.69) is 4.90 Å². The van der Waals surface area contributed by atoms with Crippen molar-refractivity contribution >= 4 is 17.4 Å². The number of rotatable bonds is 4. The third-order valence-corrected chi connectivity index (χ3v) is 4.47. The maximum Gasteiger partial charge on any atom is 0.401 e. The summed E-state index contributed by atoms with van der Waals surface area (Å²) in [4.78, 5) is 4.72. The molecular formula is C14H20F3N3S. The Kier molecular flexibility index (Phi) is 5.40. The highest BCUT2D eigenvalue weighted by Crippen LogP contribution is 2.30. The minimum Gasteiger partial charge on any atom is -0.369 e. The van der Waals surface area contributed by atoms with Crippen molar-refractivity contribution in [3.8, 4) is 0 Å². The molecule has 7 heteroatoms. The second-order valence-electron chi connectivity index (χ2n) is 5.04. The molecule has 0 saturated carbocycles. The molecule has 0 amide bonds. The molecule has 1 aromatic carbocycles. The SMILES string of the molecule is CSc1cccc(N2CCN(CC(F)(F)F)CC2)c1CN. The van der Waals surface area contributed by atoms with E-state index in [1.54, 1.807) is 11.8 Å². The molecular weight excluding hydrogens is 299 g/mol. The van der Waals surface area contributed by atoms with Crippen LogP contribution in [-0.2, 0) is 6.54 Å². The molecule has 0 bridgehead atoms. The van der Waals surface area contributed by atoms with E-state index in [4.69, 9.17) is 5.73 Å². The van der Waals surface area contributed by atoms with E-state index < -0.39 is 12.7 Å². The van der Waals surface area contributed by atoms with Crippen molar-refractivity contribution in [1.82, 2.24) is 4.90 Å². The van der Waals surface area contributed by atoms with Gasteiger partial charge < -0.3 is 10.6 Å². The van der Waals surface area contributed by atoms with Crippen LogP contribution in [0.1, 0.15) is 5.56 Å². The molecule has 21 heavy (non-hydrogen) atoms. The Morgan fingerprint density at radius 2 is 1.86 bits per heavy atom. The summed E-state index contributed by atoms with van der Waals surface area (Å²) in [6, 6.07) is 6.00. The highest BCUT2D eigenvalue weighted by atomic mass is 32.2. The molecule has 0 aromatic heterocycles. The zero-order chi connectivity index (χ0) is 15.5. The quantitative estimate of drug-likeness (QED) is 0.865. The number of hydrogen-bond donors (Lipinski definition) is 1. The second-order valence-corrected chi connectivity index (χ2v) is 5.89. The Labute approximate surface area is 127 Å². The summed E-state index contributed by atoms with van der Waals surface area (Å²) < 4.78 is 37.2. The highest BCUT2D eigenvalue weighted by molar-refractivity contribution is 7.98. The Bertz CT molecular complexity index is 471. The van der Waals surface area contributed by atoms with Crippen LogP contribution >= 0.6 is 11.8 Å². The van der Waals surface area contributed by atoms with Crippen molar-refractivity contribution in [3.05, 3.63) is 23.8 Å². The van der Waals surface area contributed by atoms with Crippen LogP contribution in [0.3, 0.4) is 0 Å². The van der Waals surface area contributed by atoms with Crippen molar-refractivity contribution in [2.45, 2.75) is 17.6 Å². The number of halogens is 3. The number of benzene rings is 1. The number of anilines is 1. The molecule has 0 radical (unpaired) electrons. The van der Waals surface area contributed by atoms with Gasteiger partial charge in [0.05, 0.1) is 6.54 Å². The van der Waals surface area contributed by atoms with E-state index >= 15 is 0 Å². The van der Waals surface area contributed by atoms with Crippen molar-refractivity contribution in [2.24, 2.45) is 5.73 Å². The summed E-state index contributed by atoms with van der Waals surface area (Å²) in [6.07, 6.45) is -2.12. The second kappa shape index (κ2) is 6.89. The van der Waals surface area contributed by atoms with Crippen LogP contribution in [0.25, 0.3) is 0 Å². The number of hydrogen-bond acceptors (Lipinski definition) is 4. The van der Waals surface area contributed by atoms with E-state index in [1.165, 1.54) is 4.90 Å². The largest absolute Gasteiger partial charge is 0.401 e. The zero-order valence-electron chi connectivity index (χ0n) is 12.0.